The maximum absolute atomic E-state index is 5.83. The van der Waals surface area contributed by atoms with Crippen LogP contribution >= 0.6 is 0 Å². The molecule has 3 heteroatoms. The van der Waals surface area contributed by atoms with E-state index < -0.39 is 0 Å². The number of ether oxygens (including phenoxy) is 1. The molecule has 1 aromatic carbocycles. The Labute approximate surface area is 111 Å². The highest BCUT2D eigenvalue weighted by Crippen LogP contribution is 2.27. The number of methoxy groups -OCH3 is 1. The lowest BCUT2D eigenvalue weighted by atomic mass is 10.1. The maximum atomic E-state index is 5.83. The molecule has 0 aliphatic heterocycles. The minimum Gasteiger partial charge on any atom is -0.497 e. The molecule has 0 saturated carbocycles. The first-order valence-electron chi connectivity index (χ1n) is 6.78. The van der Waals surface area contributed by atoms with Gasteiger partial charge in [-0.2, -0.15) is 0 Å². The van der Waals surface area contributed by atoms with Gasteiger partial charge in [-0.15, -0.1) is 0 Å². The van der Waals surface area contributed by atoms with Crippen LogP contribution in [0.15, 0.2) is 18.2 Å². The summed E-state index contributed by atoms with van der Waals surface area (Å²) in [6.45, 7) is 9.31. The molecule has 0 heterocycles. The van der Waals surface area contributed by atoms with Crippen molar-refractivity contribution < 1.29 is 4.74 Å². The van der Waals surface area contributed by atoms with Crippen LogP contribution in [0.1, 0.15) is 32.8 Å². The molecular formula is C15H26N2O. The molecule has 0 radical (unpaired) electrons. The Kier molecular flexibility index (Phi) is 5.99. The third kappa shape index (κ3) is 3.64. The lowest BCUT2D eigenvalue weighted by molar-refractivity contribution is 0.414. The van der Waals surface area contributed by atoms with Crippen molar-refractivity contribution in [3.8, 4) is 5.75 Å². The SMILES string of the molecule is CCC(C)CN(CC)c1cc(OC)ccc1CN. The minimum absolute atomic E-state index is 0.566. The molecule has 102 valence electrons. The maximum Gasteiger partial charge on any atom is 0.120 e. The quantitative estimate of drug-likeness (QED) is 0.808. The summed E-state index contributed by atoms with van der Waals surface area (Å²) in [7, 11) is 1.70. The van der Waals surface area contributed by atoms with Gasteiger partial charge in [-0.05, 0) is 24.5 Å². The Morgan fingerprint density at radius 2 is 2.06 bits per heavy atom. The zero-order valence-corrected chi connectivity index (χ0v) is 12.1. The fraction of sp³-hybridized carbons (Fsp3) is 0.600. The predicted octanol–water partition coefficient (Wildman–Crippen LogP) is 3.03. The lowest BCUT2D eigenvalue weighted by Crippen LogP contribution is -2.29. The summed E-state index contributed by atoms with van der Waals surface area (Å²) in [4.78, 5) is 2.39. The van der Waals surface area contributed by atoms with Crippen LogP contribution in [0.5, 0.6) is 5.75 Å². The molecule has 18 heavy (non-hydrogen) atoms. The zero-order chi connectivity index (χ0) is 13.5. The van der Waals surface area contributed by atoms with Crippen LogP contribution in [0.25, 0.3) is 0 Å². The van der Waals surface area contributed by atoms with E-state index in [4.69, 9.17) is 10.5 Å². The van der Waals surface area contributed by atoms with Crippen LogP contribution in [-0.4, -0.2) is 20.2 Å². The van der Waals surface area contributed by atoms with Gasteiger partial charge in [0.1, 0.15) is 5.75 Å². The summed E-state index contributed by atoms with van der Waals surface area (Å²) in [6.07, 6.45) is 1.19. The number of benzene rings is 1. The standard InChI is InChI=1S/C15H26N2O/c1-5-12(3)11-17(6-2)15-9-14(18-4)8-7-13(15)10-16/h7-9,12H,5-6,10-11,16H2,1-4H3. The van der Waals surface area contributed by atoms with Gasteiger partial charge in [0.2, 0.25) is 0 Å². The van der Waals surface area contributed by atoms with Crippen LogP contribution < -0.4 is 15.4 Å². The van der Waals surface area contributed by atoms with Crippen molar-refractivity contribution >= 4 is 5.69 Å². The largest absolute Gasteiger partial charge is 0.497 e. The smallest absolute Gasteiger partial charge is 0.120 e. The van der Waals surface area contributed by atoms with Gasteiger partial charge >= 0.3 is 0 Å². The Bertz CT molecular complexity index is 366. The van der Waals surface area contributed by atoms with E-state index in [9.17, 15) is 0 Å². The minimum atomic E-state index is 0.566. The van der Waals surface area contributed by atoms with Gasteiger partial charge in [-0.3, -0.25) is 0 Å². The number of anilines is 1. The van der Waals surface area contributed by atoms with E-state index in [1.807, 2.05) is 6.07 Å². The van der Waals surface area contributed by atoms with Gasteiger partial charge in [-0.25, -0.2) is 0 Å². The summed E-state index contributed by atoms with van der Waals surface area (Å²) in [5, 5.41) is 0. The van der Waals surface area contributed by atoms with E-state index in [0.29, 0.717) is 12.5 Å². The molecule has 0 bridgehead atoms. The summed E-state index contributed by atoms with van der Waals surface area (Å²) in [5.41, 5.74) is 8.22. The first-order valence-corrected chi connectivity index (χ1v) is 6.78. The van der Waals surface area contributed by atoms with Crippen LogP contribution in [-0.2, 0) is 6.54 Å². The van der Waals surface area contributed by atoms with Crippen LogP contribution in [0.3, 0.4) is 0 Å². The number of hydrogen-bond donors (Lipinski definition) is 1. The first-order chi connectivity index (χ1) is 8.65. The predicted molar refractivity (Wildman–Crippen MR) is 78.2 cm³/mol. The summed E-state index contributed by atoms with van der Waals surface area (Å²) in [5.74, 6) is 1.58. The molecule has 3 nitrogen and oxygen atoms in total. The van der Waals surface area contributed by atoms with Crippen molar-refractivity contribution in [2.75, 3.05) is 25.1 Å². The Hall–Kier alpha value is -1.22. The second-order valence-electron chi connectivity index (χ2n) is 4.75. The van der Waals surface area contributed by atoms with E-state index in [1.54, 1.807) is 7.11 Å². The monoisotopic (exact) mass is 250 g/mol. The van der Waals surface area contributed by atoms with Crippen molar-refractivity contribution in [1.82, 2.24) is 0 Å². The molecule has 2 N–H and O–H groups in total. The first kappa shape index (κ1) is 14.8. The van der Waals surface area contributed by atoms with Crippen LogP contribution in [0, 0.1) is 5.92 Å². The highest BCUT2D eigenvalue weighted by Gasteiger charge is 2.12. The summed E-state index contributed by atoms with van der Waals surface area (Å²) < 4.78 is 5.31. The fourth-order valence-electron chi connectivity index (χ4n) is 2.04. The van der Waals surface area contributed by atoms with Gasteiger partial charge in [0.15, 0.2) is 0 Å². The second-order valence-corrected chi connectivity index (χ2v) is 4.75. The average Bonchev–Trinajstić information content (AvgIpc) is 2.43. The Balaban J connectivity index is 3.01. The molecule has 1 rings (SSSR count). The normalized spacial score (nSPS) is 12.3. The second kappa shape index (κ2) is 7.27. The van der Waals surface area contributed by atoms with Crippen molar-refractivity contribution in [2.45, 2.75) is 33.7 Å². The molecule has 0 spiro atoms. The van der Waals surface area contributed by atoms with E-state index >= 15 is 0 Å². The topological polar surface area (TPSA) is 38.5 Å². The van der Waals surface area contributed by atoms with Crippen molar-refractivity contribution in [3.63, 3.8) is 0 Å². The molecule has 0 saturated heterocycles. The van der Waals surface area contributed by atoms with Gasteiger partial charge in [0.05, 0.1) is 7.11 Å². The highest BCUT2D eigenvalue weighted by atomic mass is 16.5. The van der Waals surface area contributed by atoms with Gasteiger partial charge in [-0.1, -0.05) is 26.3 Å². The number of nitrogens with two attached hydrogens (primary N) is 1. The molecule has 1 atom stereocenters. The molecule has 0 amide bonds. The molecule has 1 aromatic rings. The zero-order valence-electron chi connectivity index (χ0n) is 12.1. The number of nitrogens with zero attached hydrogens (tertiary/aromatic N) is 1. The van der Waals surface area contributed by atoms with Crippen molar-refractivity contribution in [3.05, 3.63) is 23.8 Å². The lowest BCUT2D eigenvalue weighted by Gasteiger charge is -2.28. The molecule has 0 aliphatic carbocycles. The highest BCUT2D eigenvalue weighted by molar-refractivity contribution is 5.57. The van der Waals surface area contributed by atoms with Crippen LogP contribution in [0.4, 0.5) is 5.69 Å². The summed E-state index contributed by atoms with van der Waals surface area (Å²) >= 11 is 0. The van der Waals surface area contributed by atoms with Gasteiger partial charge < -0.3 is 15.4 Å². The van der Waals surface area contributed by atoms with E-state index in [2.05, 4.69) is 37.8 Å². The van der Waals surface area contributed by atoms with Crippen LogP contribution in [0.2, 0.25) is 0 Å². The van der Waals surface area contributed by atoms with Gasteiger partial charge in [0, 0.05) is 31.4 Å². The van der Waals surface area contributed by atoms with Crippen molar-refractivity contribution in [1.29, 1.82) is 0 Å². The third-order valence-electron chi connectivity index (χ3n) is 3.46. The fourth-order valence-corrected chi connectivity index (χ4v) is 2.04. The molecule has 0 aliphatic rings. The average molecular weight is 250 g/mol. The number of rotatable bonds is 7. The molecule has 0 fully saturated rings. The van der Waals surface area contributed by atoms with Gasteiger partial charge in [0.25, 0.3) is 0 Å². The Morgan fingerprint density at radius 1 is 1.33 bits per heavy atom. The third-order valence-corrected chi connectivity index (χ3v) is 3.46. The molecular weight excluding hydrogens is 224 g/mol. The van der Waals surface area contributed by atoms with E-state index in [0.717, 1.165) is 18.8 Å². The van der Waals surface area contributed by atoms with E-state index in [1.165, 1.54) is 17.7 Å². The Morgan fingerprint density at radius 3 is 2.56 bits per heavy atom. The van der Waals surface area contributed by atoms with Crippen molar-refractivity contribution in [2.24, 2.45) is 11.7 Å². The summed E-state index contributed by atoms with van der Waals surface area (Å²) in [6, 6.07) is 6.13. The van der Waals surface area contributed by atoms with E-state index in [-0.39, 0.29) is 0 Å². The molecule has 1 unspecified atom stereocenters. The number of hydrogen-bond acceptors (Lipinski definition) is 3. The molecule has 0 aromatic heterocycles.